The van der Waals surface area contributed by atoms with E-state index in [0.717, 1.165) is 30.8 Å². The largest absolute Gasteiger partial charge is 0.469 e. The van der Waals surface area contributed by atoms with Gasteiger partial charge in [0.2, 0.25) is 0 Å². The molecule has 1 aliphatic heterocycles. The summed E-state index contributed by atoms with van der Waals surface area (Å²) in [7, 11) is 1.41. The van der Waals surface area contributed by atoms with E-state index in [1.165, 1.54) is 14.0 Å². The van der Waals surface area contributed by atoms with Crippen molar-refractivity contribution in [3.63, 3.8) is 0 Å². The maximum Gasteiger partial charge on any atom is 0.309 e. The second-order valence-corrected chi connectivity index (χ2v) is 5.91. The average molecular weight is 319 g/mol. The van der Waals surface area contributed by atoms with E-state index in [4.69, 9.17) is 4.74 Å². The van der Waals surface area contributed by atoms with Crippen LogP contribution in [0.1, 0.15) is 30.1 Å². The number of benzene rings is 1. The summed E-state index contributed by atoms with van der Waals surface area (Å²) in [6.45, 7) is 3.41. The number of likely N-dealkylation sites (tertiary alicyclic amines) is 1. The van der Waals surface area contributed by atoms with Gasteiger partial charge in [-0.3, -0.25) is 14.4 Å². The monoisotopic (exact) mass is 319 g/mol. The summed E-state index contributed by atoms with van der Waals surface area (Å²) in [5.41, 5.74) is 1.21. The number of hydrogen-bond acceptors (Lipinski definition) is 4. The fourth-order valence-corrected chi connectivity index (χ4v) is 2.85. The molecule has 1 aromatic rings. The molecule has 0 spiro atoms. The molecule has 2 rings (SSSR count). The molecule has 0 saturated carbocycles. The average Bonchev–Trinajstić information content (AvgIpc) is 2.55. The topological polar surface area (TPSA) is 76.9 Å². The van der Waals surface area contributed by atoms with Crippen molar-refractivity contribution in [1.29, 1.82) is 0 Å². The lowest BCUT2D eigenvalue weighted by atomic mass is 9.97. The molecular formula is C17H23N2O4+. The Hall–Kier alpha value is -2.21. The highest BCUT2D eigenvalue weighted by atomic mass is 16.5. The van der Waals surface area contributed by atoms with Crippen LogP contribution in [0.2, 0.25) is 0 Å². The van der Waals surface area contributed by atoms with Gasteiger partial charge in [-0.2, -0.15) is 0 Å². The van der Waals surface area contributed by atoms with Crippen LogP contribution in [0.3, 0.4) is 0 Å². The van der Waals surface area contributed by atoms with Crippen LogP contribution in [-0.2, 0) is 14.3 Å². The highest BCUT2D eigenvalue weighted by Gasteiger charge is 2.29. The number of amides is 1. The van der Waals surface area contributed by atoms with Gasteiger partial charge in [0, 0.05) is 24.1 Å². The number of nitrogens with one attached hydrogen (secondary N) is 2. The first kappa shape index (κ1) is 17.1. The van der Waals surface area contributed by atoms with Gasteiger partial charge in [-0.1, -0.05) is 12.1 Å². The van der Waals surface area contributed by atoms with E-state index in [2.05, 4.69) is 5.32 Å². The highest BCUT2D eigenvalue weighted by Crippen LogP contribution is 2.12. The number of piperidine rings is 1. The minimum atomic E-state index is -0.158. The van der Waals surface area contributed by atoms with E-state index in [1.807, 2.05) is 0 Å². The maximum absolute atomic E-state index is 12.1. The number of rotatable bonds is 5. The summed E-state index contributed by atoms with van der Waals surface area (Å²) in [4.78, 5) is 36.1. The van der Waals surface area contributed by atoms with Gasteiger partial charge >= 0.3 is 5.97 Å². The number of methoxy groups -OCH3 is 1. The fourth-order valence-electron chi connectivity index (χ4n) is 2.85. The van der Waals surface area contributed by atoms with Gasteiger partial charge in [-0.15, -0.1) is 0 Å². The number of ether oxygens (including phenoxy) is 1. The number of carbonyl (C=O) groups excluding carboxylic acids is 3. The van der Waals surface area contributed by atoms with Crippen molar-refractivity contribution < 1.29 is 24.0 Å². The van der Waals surface area contributed by atoms with Gasteiger partial charge in [-0.25, -0.2) is 0 Å². The van der Waals surface area contributed by atoms with Crippen LogP contribution in [0.4, 0.5) is 5.69 Å². The number of anilines is 1. The molecule has 23 heavy (non-hydrogen) atoms. The Balaban J connectivity index is 1.83. The van der Waals surface area contributed by atoms with Gasteiger partial charge in [0.15, 0.2) is 12.3 Å². The molecule has 0 atom stereocenters. The Morgan fingerprint density at radius 2 is 1.96 bits per heavy atom. The van der Waals surface area contributed by atoms with Crippen LogP contribution in [0.5, 0.6) is 0 Å². The number of carbonyl (C=O) groups is 3. The zero-order valence-corrected chi connectivity index (χ0v) is 13.6. The van der Waals surface area contributed by atoms with E-state index < -0.39 is 0 Å². The maximum atomic E-state index is 12.1. The molecule has 0 radical (unpaired) electrons. The van der Waals surface area contributed by atoms with Crippen molar-refractivity contribution in [2.45, 2.75) is 19.8 Å². The minimum absolute atomic E-state index is 0.0309. The van der Waals surface area contributed by atoms with Crippen molar-refractivity contribution in [1.82, 2.24) is 0 Å². The normalized spacial score (nSPS) is 20.6. The Kier molecular flexibility index (Phi) is 5.87. The smallest absolute Gasteiger partial charge is 0.309 e. The predicted octanol–water partition coefficient (Wildman–Crippen LogP) is 0.296. The molecule has 1 amide bonds. The van der Waals surface area contributed by atoms with Crippen LogP contribution >= 0.6 is 0 Å². The number of Topliss-reactive ketones (excluding diaryl/α,β-unsaturated/α-hetero) is 1. The summed E-state index contributed by atoms with van der Waals surface area (Å²) in [6.07, 6.45) is 1.49. The van der Waals surface area contributed by atoms with Gasteiger partial charge in [0.05, 0.1) is 26.1 Å². The third-order valence-electron chi connectivity index (χ3n) is 4.19. The Morgan fingerprint density at radius 1 is 1.26 bits per heavy atom. The standard InChI is InChI=1S/C17H22N2O4/c1-12(20)14-4-3-5-15(10-14)18-16(21)11-19-8-6-13(7-9-19)17(22)23-2/h3-5,10,13H,6-9,11H2,1-2H3,(H,18,21)/p+1. The van der Waals surface area contributed by atoms with E-state index in [-0.39, 0.29) is 23.6 Å². The molecule has 124 valence electrons. The summed E-state index contributed by atoms with van der Waals surface area (Å²) in [5.74, 6) is -0.317. The second kappa shape index (κ2) is 7.87. The Bertz CT molecular complexity index is 592. The molecule has 0 aliphatic carbocycles. The molecule has 1 aliphatic rings. The van der Waals surface area contributed by atoms with Gasteiger partial charge in [-0.05, 0) is 19.1 Å². The van der Waals surface area contributed by atoms with Crippen LogP contribution in [0.25, 0.3) is 0 Å². The van der Waals surface area contributed by atoms with E-state index in [0.29, 0.717) is 17.8 Å². The minimum Gasteiger partial charge on any atom is -0.469 e. The SMILES string of the molecule is COC(=O)C1CC[NH+](CC(=O)Nc2cccc(C(C)=O)c2)CC1. The molecular weight excluding hydrogens is 296 g/mol. The third kappa shape index (κ3) is 4.89. The predicted molar refractivity (Wildman–Crippen MR) is 85.4 cm³/mol. The van der Waals surface area contributed by atoms with E-state index in [9.17, 15) is 14.4 Å². The second-order valence-electron chi connectivity index (χ2n) is 5.91. The lowest BCUT2D eigenvalue weighted by molar-refractivity contribution is -0.897. The van der Waals surface area contributed by atoms with Gasteiger partial charge in [0.1, 0.15) is 0 Å². The summed E-state index contributed by atoms with van der Waals surface area (Å²) >= 11 is 0. The molecule has 1 fully saturated rings. The van der Waals surface area contributed by atoms with Crippen LogP contribution in [0, 0.1) is 5.92 Å². The number of ketones is 1. The summed E-state index contributed by atoms with van der Waals surface area (Å²) in [5, 5.41) is 2.83. The molecule has 1 heterocycles. The third-order valence-corrected chi connectivity index (χ3v) is 4.19. The van der Waals surface area contributed by atoms with Crippen LogP contribution in [-0.4, -0.2) is 44.4 Å². The molecule has 1 saturated heterocycles. The number of esters is 1. The molecule has 1 aromatic carbocycles. The van der Waals surface area contributed by atoms with Crippen molar-refractivity contribution in [2.75, 3.05) is 32.1 Å². The lowest BCUT2D eigenvalue weighted by Crippen LogP contribution is -3.14. The van der Waals surface area contributed by atoms with Crippen molar-refractivity contribution in [2.24, 2.45) is 5.92 Å². The van der Waals surface area contributed by atoms with Crippen molar-refractivity contribution in [3.05, 3.63) is 29.8 Å². The molecule has 2 N–H and O–H groups in total. The first-order valence-corrected chi connectivity index (χ1v) is 7.82. The van der Waals surface area contributed by atoms with E-state index >= 15 is 0 Å². The quantitative estimate of drug-likeness (QED) is 0.604. The fraction of sp³-hybridized carbons (Fsp3) is 0.471. The summed E-state index contributed by atoms with van der Waals surface area (Å²) < 4.78 is 4.76. The molecule has 6 heteroatoms. The first-order chi connectivity index (χ1) is 11.0. The summed E-state index contributed by atoms with van der Waals surface area (Å²) in [6, 6.07) is 6.92. The number of quaternary nitrogens is 1. The van der Waals surface area contributed by atoms with Crippen LogP contribution < -0.4 is 10.2 Å². The molecule has 0 bridgehead atoms. The Morgan fingerprint density at radius 3 is 2.57 bits per heavy atom. The van der Waals surface area contributed by atoms with Gasteiger partial charge in [0.25, 0.3) is 5.91 Å². The van der Waals surface area contributed by atoms with Crippen molar-refractivity contribution in [3.8, 4) is 0 Å². The zero-order valence-electron chi connectivity index (χ0n) is 13.6. The van der Waals surface area contributed by atoms with E-state index in [1.54, 1.807) is 24.3 Å². The zero-order chi connectivity index (χ0) is 16.8. The highest BCUT2D eigenvalue weighted by molar-refractivity contribution is 5.97. The Labute approximate surface area is 135 Å². The first-order valence-electron chi connectivity index (χ1n) is 7.82. The number of hydrogen-bond donors (Lipinski definition) is 2. The molecule has 0 aromatic heterocycles. The molecule has 6 nitrogen and oxygen atoms in total. The van der Waals surface area contributed by atoms with Crippen LogP contribution in [0.15, 0.2) is 24.3 Å². The van der Waals surface area contributed by atoms with Gasteiger partial charge < -0.3 is 15.0 Å². The lowest BCUT2D eigenvalue weighted by Gasteiger charge is -2.27. The molecule has 0 unspecified atom stereocenters. The van der Waals surface area contributed by atoms with Crippen molar-refractivity contribution >= 4 is 23.3 Å².